The monoisotopic (exact) mass is 157 g/mol. The molecule has 3 N–H and O–H groups in total. The van der Waals surface area contributed by atoms with Crippen molar-refractivity contribution in [1.29, 1.82) is 0 Å². The second-order valence-corrected chi connectivity index (χ2v) is 3.10. The first-order valence-corrected chi connectivity index (χ1v) is 3.90. The maximum atomic E-state index is 8.40. The van der Waals surface area contributed by atoms with Gasteiger partial charge in [0, 0.05) is 5.92 Å². The van der Waals surface area contributed by atoms with Crippen LogP contribution in [0.15, 0.2) is 5.16 Å². The lowest BCUT2D eigenvalue weighted by Crippen LogP contribution is -2.36. The molecule has 0 aliphatic carbocycles. The lowest BCUT2D eigenvalue weighted by atomic mass is 9.96. The topological polar surface area (TPSA) is 61.8 Å². The summed E-state index contributed by atoms with van der Waals surface area (Å²) in [6, 6.07) is 0. The molecule has 11 heavy (non-hydrogen) atoms. The van der Waals surface area contributed by atoms with Crippen LogP contribution in [0.3, 0.4) is 0 Å². The van der Waals surface area contributed by atoms with Gasteiger partial charge in [-0.25, -0.2) is 0 Å². The molecule has 0 aromatic rings. The number of amidine groups is 1. The van der Waals surface area contributed by atoms with Crippen molar-refractivity contribution < 1.29 is 5.21 Å². The van der Waals surface area contributed by atoms with Crippen LogP contribution >= 0.6 is 0 Å². The fourth-order valence-corrected chi connectivity index (χ4v) is 1.39. The van der Waals surface area contributed by atoms with Crippen LogP contribution in [0, 0.1) is 5.92 Å². The molecule has 1 aliphatic rings. The molecule has 0 unspecified atom stereocenters. The first kappa shape index (κ1) is 8.33. The van der Waals surface area contributed by atoms with Gasteiger partial charge in [-0.15, -0.1) is 0 Å². The van der Waals surface area contributed by atoms with Crippen LogP contribution in [0.25, 0.3) is 0 Å². The van der Waals surface area contributed by atoms with E-state index in [2.05, 4.69) is 17.1 Å². The average molecular weight is 157 g/mol. The fourth-order valence-electron chi connectivity index (χ4n) is 1.39. The molecule has 0 radical (unpaired) electrons. The van der Waals surface area contributed by atoms with Gasteiger partial charge in [-0.2, -0.15) is 0 Å². The van der Waals surface area contributed by atoms with Gasteiger partial charge in [-0.1, -0.05) is 5.16 Å². The van der Waals surface area contributed by atoms with Crippen LogP contribution in [-0.4, -0.2) is 36.1 Å². The summed E-state index contributed by atoms with van der Waals surface area (Å²) in [6.07, 6.45) is 2.01. The molecular weight excluding hydrogens is 142 g/mol. The van der Waals surface area contributed by atoms with Crippen LogP contribution < -0.4 is 5.73 Å². The van der Waals surface area contributed by atoms with E-state index >= 15 is 0 Å². The lowest BCUT2D eigenvalue weighted by molar-refractivity contribution is 0.245. The number of piperidine rings is 1. The molecule has 0 aromatic heterocycles. The van der Waals surface area contributed by atoms with E-state index in [1.807, 2.05) is 0 Å². The first-order chi connectivity index (χ1) is 5.24. The zero-order valence-electron chi connectivity index (χ0n) is 6.82. The van der Waals surface area contributed by atoms with Gasteiger partial charge < -0.3 is 15.8 Å². The number of nitrogens with two attached hydrogens (primary N) is 1. The SMILES string of the molecule is CN1CCC(/C(N)=N\O)CC1. The highest BCUT2D eigenvalue weighted by Crippen LogP contribution is 2.15. The second kappa shape index (κ2) is 3.57. The lowest BCUT2D eigenvalue weighted by Gasteiger charge is -2.27. The van der Waals surface area contributed by atoms with Crippen molar-refractivity contribution in [2.75, 3.05) is 20.1 Å². The summed E-state index contributed by atoms with van der Waals surface area (Å²) in [5.74, 6) is 0.675. The Morgan fingerprint density at radius 3 is 2.55 bits per heavy atom. The number of rotatable bonds is 1. The molecule has 1 heterocycles. The van der Waals surface area contributed by atoms with E-state index in [1.54, 1.807) is 0 Å². The third kappa shape index (κ3) is 2.08. The van der Waals surface area contributed by atoms with Gasteiger partial charge >= 0.3 is 0 Å². The molecule has 0 atom stereocenters. The van der Waals surface area contributed by atoms with Gasteiger partial charge in [-0.05, 0) is 33.0 Å². The zero-order valence-corrected chi connectivity index (χ0v) is 6.82. The Morgan fingerprint density at radius 1 is 1.55 bits per heavy atom. The Morgan fingerprint density at radius 2 is 2.09 bits per heavy atom. The molecule has 1 aliphatic heterocycles. The first-order valence-electron chi connectivity index (χ1n) is 3.90. The Kier molecular flexibility index (Phi) is 2.70. The highest BCUT2D eigenvalue weighted by atomic mass is 16.4. The van der Waals surface area contributed by atoms with E-state index in [1.165, 1.54) is 0 Å². The minimum atomic E-state index is 0.288. The van der Waals surface area contributed by atoms with Gasteiger partial charge in [0.2, 0.25) is 0 Å². The van der Waals surface area contributed by atoms with Crippen LogP contribution in [0.5, 0.6) is 0 Å². The number of oxime groups is 1. The Labute approximate surface area is 66.7 Å². The minimum Gasteiger partial charge on any atom is -0.409 e. The predicted octanol–water partition coefficient (Wildman–Crippen LogP) is 0.0746. The smallest absolute Gasteiger partial charge is 0.142 e. The van der Waals surface area contributed by atoms with Crippen molar-refractivity contribution in [3.05, 3.63) is 0 Å². The van der Waals surface area contributed by atoms with Crippen molar-refractivity contribution in [2.24, 2.45) is 16.8 Å². The molecule has 1 rings (SSSR count). The molecule has 4 heteroatoms. The number of hydrogen-bond acceptors (Lipinski definition) is 3. The normalized spacial score (nSPS) is 23.9. The molecule has 1 fully saturated rings. The Bertz CT molecular complexity index is 150. The molecule has 0 spiro atoms. The van der Waals surface area contributed by atoms with Crippen molar-refractivity contribution in [1.82, 2.24) is 4.90 Å². The van der Waals surface area contributed by atoms with Gasteiger partial charge in [0.1, 0.15) is 5.84 Å². The molecule has 64 valence electrons. The predicted molar refractivity (Wildman–Crippen MR) is 43.6 cm³/mol. The van der Waals surface area contributed by atoms with Crippen LogP contribution in [0.4, 0.5) is 0 Å². The standard InChI is InChI=1S/C7H15N3O/c1-10-4-2-6(3-5-10)7(8)9-11/h6,11H,2-5H2,1H3,(H2,8,9). The van der Waals surface area contributed by atoms with E-state index in [-0.39, 0.29) is 5.92 Å². The van der Waals surface area contributed by atoms with Crippen molar-refractivity contribution in [3.63, 3.8) is 0 Å². The van der Waals surface area contributed by atoms with Crippen LogP contribution in [0.1, 0.15) is 12.8 Å². The highest BCUT2D eigenvalue weighted by molar-refractivity contribution is 5.82. The van der Waals surface area contributed by atoms with Gasteiger partial charge in [-0.3, -0.25) is 0 Å². The largest absolute Gasteiger partial charge is 0.409 e. The van der Waals surface area contributed by atoms with Gasteiger partial charge in [0.15, 0.2) is 0 Å². The molecule has 0 amide bonds. The maximum absolute atomic E-state index is 8.40. The number of likely N-dealkylation sites (tertiary alicyclic amines) is 1. The molecule has 1 saturated heterocycles. The summed E-state index contributed by atoms with van der Waals surface area (Å²) < 4.78 is 0. The zero-order chi connectivity index (χ0) is 8.27. The van der Waals surface area contributed by atoms with Crippen molar-refractivity contribution >= 4 is 5.84 Å². The number of nitrogens with zero attached hydrogens (tertiary/aromatic N) is 2. The average Bonchev–Trinajstić information content (AvgIpc) is 2.05. The highest BCUT2D eigenvalue weighted by Gasteiger charge is 2.19. The summed E-state index contributed by atoms with van der Waals surface area (Å²) in [7, 11) is 2.09. The van der Waals surface area contributed by atoms with E-state index in [9.17, 15) is 0 Å². The molecule has 4 nitrogen and oxygen atoms in total. The Hall–Kier alpha value is -0.770. The van der Waals surface area contributed by atoms with Gasteiger partial charge in [0.05, 0.1) is 0 Å². The Balaban J connectivity index is 2.39. The molecular formula is C7H15N3O. The second-order valence-electron chi connectivity index (χ2n) is 3.10. The molecule has 0 aromatic carbocycles. The maximum Gasteiger partial charge on any atom is 0.142 e. The summed E-state index contributed by atoms with van der Waals surface area (Å²) in [4.78, 5) is 2.25. The number of hydrogen-bond donors (Lipinski definition) is 2. The summed E-state index contributed by atoms with van der Waals surface area (Å²) in [5, 5.41) is 11.4. The summed E-state index contributed by atoms with van der Waals surface area (Å²) in [5.41, 5.74) is 5.47. The van der Waals surface area contributed by atoms with E-state index in [4.69, 9.17) is 10.9 Å². The molecule has 0 bridgehead atoms. The minimum absolute atomic E-state index is 0.288. The summed E-state index contributed by atoms with van der Waals surface area (Å²) >= 11 is 0. The quantitative estimate of drug-likeness (QED) is 0.245. The van der Waals surface area contributed by atoms with E-state index < -0.39 is 0 Å². The van der Waals surface area contributed by atoms with Gasteiger partial charge in [0.25, 0.3) is 0 Å². The third-order valence-electron chi connectivity index (χ3n) is 2.25. The fraction of sp³-hybridized carbons (Fsp3) is 0.857. The van der Waals surface area contributed by atoms with Crippen molar-refractivity contribution in [2.45, 2.75) is 12.8 Å². The third-order valence-corrected chi connectivity index (χ3v) is 2.25. The van der Waals surface area contributed by atoms with E-state index in [0.717, 1.165) is 25.9 Å². The van der Waals surface area contributed by atoms with Crippen molar-refractivity contribution in [3.8, 4) is 0 Å². The van der Waals surface area contributed by atoms with Crippen LogP contribution in [0.2, 0.25) is 0 Å². The van der Waals surface area contributed by atoms with Crippen LogP contribution in [-0.2, 0) is 0 Å². The molecule has 0 saturated carbocycles. The summed E-state index contributed by atoms with van der Waals surface area (Å²) in [6.45, 7) is 2.09. The van der Waals surface area contributed by atoms with E-state index in [0.29, 0.717) is 5.84 Å².